The Balaban J connectivity index is 1.43. The fourth-order valence-corrected chi connectivity index (χ4v) is 3.87. The van der Waals surface area contributed by atoms with Gasteiger partial charge in [-0.2, -0.15) is 0 Å². The Bertz CT molecular complexity index is 994. The van der Waals surface area contributed by atoms with Crippen molar-refractivity contribution in [3.05, 3.63) is 81.2 Å². The van der Waals surface area contributed by atoms with E-state index in [1.807, 2.05) is 13.0 Å². The van der Waals surface area contributed by atoms with Gasteiger partial charge in [-0.05, 0) is 54.7 Å². The predicted octanol–water partition coefficient (Wildman–Crippen LogP) is 3.77. The second kappa shape index (κ2) is 7.67. The lowest BCUT2D eigenvalue weighted by Gasteiger charge is -2.17. The minimum atomic E-state index is -0.278. The molecule has 140 valence electrons. The third-order valence-corrected chi connectivity index (χ3v) is 5.55. The molecule has 0 bridgehead atoms. The summed E-state index contributed by atoms with van der Waals surface area (Å²) in [6.45, 7) is 7.95. The normalized spacial score (nSPS) is 17.6. The lowest BCUT2D eigenvalue weighted by atomic mass is 10.0. The van der Waals surface area contributed by atoms with Crippen LogP contribution < -0.4 is 10.9 Å². The van der Waals surface area contributed by atoms with Gasteiger partial charge in [0.05, 0.1) is 0 Å². The van der Waals surface area contributed by atoms with E-state index >= 15 is 0 Å². The number of nitrogens with zero attached hydrogens (tertiary/aromatic N) is 1. The molecule has 1 aliphatic rings. The topological polar surface area (TPSA) is 45.5 Å². The van der Waals surface area contributed by atoms with Crippen molar-refractivity contribution in [3.8, 4) is 0 Å². The monoisotopic (exact) mass is 362 g/mol. The standard InChI is InChI=1S/C23H26N2O2/c1-16-10-21-19(12-23(26)27-22(21)11-17(16)2)13-24-20-8-9-25(15-20)14-18-6-4-3-5-7-18/h3-7,10-12,20,24H,8-9,13-15H2,1-2H3/t20-/m0/s1. The summed E-state index contributed by atoms with van der Waals surface area (Å²) in [5, 5.41) is 4.68. The van der Waals surface area contributed by atoms with Gasteiger partial charge in [0.25, 0.3) is 0 Å². The summed E-state index contributed by atoms with van der Waals surface area (Å²) >= 11 is 0. The van der Waals surface area contributed by atoms with Crippen molar-refractivity contribution in [1.29, 1.82) is 0 Å². The molecule has 1 atom stereocenters. The number of hydrogen-bond acceptors (Lipinski definition) is 4. The molecule has 27 heavy (non-hydrogen) atoms. The maximum absolute atomic E-state index is 11.9. The largest absolute Gasteiger partial charge is 0.423 e. The van der Waals surface area contributed by atoms with Crippen molar-refractivity contribution in [2.75, 3.05) is 13.1 Å². The van der Waals surface area contributed by atoms with Gasteiger partial charge in [0, 0.05) is 43.7 Å². The molecule has 2 aromatic carbocycles. The minimum absolute atomic E-state index is 0.278. The van der Waals surface area contributed by atoms with Crippen molar-refractivity contribution in [2.24, 2.45) is 0 Å². The Kier molecular flexibility index (Phi) is 5.10. The summed E-state index contributed by atoms with van der Waals surface area (Å²) in [5.41, 5.74) is 5.14. The third kappa shape index (κ3) is 4.12. The minimum Gasteiger partial charge on any atom is -0.423 e. The SMILES string of the molecule is Cc1cc2oc(=O)cc(CN[C@H]3CCN(Cc4ccccc4)C3)c2cc1C. The van der Waals surface area contributed by atoms with E-state index in [0.29, 0.717) is 18.2 Å². The second-order valence-corrected chi connectivity index (χ2v) is 7.61. The van der Waals surface area contributed by atoms with E-state index in [0.717, 1.165) is 42.6 Å². The number of aryl methyl sites for hydroxylation is 2. The zero-order valence-electron chi connectivity index (χ0n) is 16.0. The van der Waals surface area contributed by atoms with E-state index in [4.69, 9.17) is 4.42 Å². The van der Waals surface area contributed by atoms with Crippen LogP contribution in [0, 0.1) is 13.8 Å². The highest BCUT2D eigenvalue weighted by Crippen LogP contribution is 2.22. The highest BCUT2D eigenvalue weighted by molar-refractivity contribution is 5.81. The van der Waals surface area contributed by atoms with Crippen LogP contribution in [0.25, 0.3) is 11.0 Å². The van der Waals surface area contributed by atoms with Gasteiger partial charge in [-0.25, -0.2) is 4.79 Å². The molecular weight excluding hydrogens is 336 g/mol. The Hall–Kier alpha value is -2.43. The lowest BCUT2D eigenvalue weighted by molar-refractivity contribution is 0.320. The van der Waals surface area contributed by atoms with Gasteiger partial charge in [-0.1, -0.05) is 30.3 Å². The lowest BCUT2D eigenvalue weighted by Crippen LogP contribution is -2.32. The highest BCUT2D eigenvalue weighted by atomic mass is 16.4. The Morgan fingerprint density at radius 2 is 1.89 bits per heavy atom. The summed E-state index contributed by atoms with van der Waals surface area (Å²) < 4.78 is 5.40. The van der Waals surface area contributed by atoms with E-state index in [1.54, 1.807) is 6.07 Å². The van der Waals surface area contributed by atoms with Crippen molar-refractivity contribution in [3.63, 3.8) is 0 Å². The first-order chi connectivity index (χ1) is 13.1. The van der Waals surface area contributed by atoms with E-state index in [-0.39, 0.29) is 5.63 Å². The van der Waals surface area contributed by atoms with Crippen LogP contribution in [0.1, 0.15) is 28.7 Å². The number of hydrogen-bond donors (Lipinski definition) is 1. The number of nitrogens with one attached hydrogen (secondary N) is 1. The molecule has 0 amide bonds. The molecule has 1 fully saturated rings. The van der Waals surface area contributed by atoms with Gasteiger partial charge < -0.3 is 9.73 Å². The molecule has 0 saturated carbocycles. The molecule has 0 radical (unpaired) electrons. The van der Waals surface area contributed by atoms with E-state index in [2.05, 4.69) is 53.5 Å². The van der Waals surface area contributed by atoms with Crippen molar-refractivity contribution in [1.82, 2.24) is 10.2 Å². The summed E-state index contributed by atoms with van der Waals surface area (Å²) in [7, 11) is 0. The smallest absolute Gasteiger partial charge is 0.336 e. The van der Waals surface area contributed by atoms with Gasteiger partial charge in [0.15, 0.2) is 0 Å². The number of benzene rings is 2. The molecule has 0 spiro atoms. The van der Waals surface area contributed by atoms with Crippen LogP contribution in [-0.4, -0.2) is 24.0 Å². The molecule has 1 saturated heterocycles. The second-order valence-electron chi connectivity index (χ2n) is 7.61. The molecule has 3 aromatic rings. The molecule has 0 unspecified atom stereocenters. The van der Waals surface area contributed by atoms with Crippen LogP contribution in [0.4, 0.5) is 0 Å². The molecule has 2 heterocycles. The number of rotatable bonds is 5. The van der Waals surface area contributed by atoms with Gasteiger partial charge in [0.1, 0.15) is 5.58 Å². The van der Waals surface area contributed by atoms with Crippen LogP contribution >= 0.6 is 0 Å². The van der Waals surface area contributed by atoms with Gasteiger partial charge >= 0.3 is 5.63 Å². The number of fused-ring (bicyclic) bond motifs is 1. The maximum atomic E-state index is 11.9. The first kappa shape index (κ1) is 18.0. The van der Waals surface area contributed by atoms with E-state index < -0.39 is 0 Å². The van der Waals surface area contributed by atoms with Gasteiger partial charge in [-0.3, -0.25) is 4.90 Å². The van der Waals surface area contributed by atoms with Gasteiger partial charge in [0.2, 0.25) is 0 Å². The fraction of sp³-hybridized carbons (Fsp3) is 0.348. The molecule has 4 heteroatoms. The number of likely N-dealkylation sites (tertiary alicyclic amines) is 1. The van der Waals surface area contributed by atoms with E-state index in [1.165, 1.54) is 11.1 Å². The van der Waals surface area contributed by atoms with Gasteiger partial charge in [-0.15, -0.1) is 0 Å². The summed E-state index contributed by atoms with van der Waals surface area (Å²) in [6.07, 6.45) is 1.13. The van der Waals surface area contributed by atoms with Crippen molar-refractivity contribution < 1.29 is 4.42 Å². The summed E-state index contributed by atoms with van der Waals surface area (Å²) in [5.74, 6) is 0. The highest BCUT2D eigenvalue weighted by Gasteiger charge is 2.22. The first-order valence-corrected chi connectivity index (χ1v) is 9.62. The first-order valence-electron chi connectivity index (χ1n) is 9.62. The van der Waals surface area contributed by atoms with E-state index in [9.17, 15) is 4.79 Å². The van der Waals surface area contributed by atoms with Crippen molar-refractivity contribution >= 4 is 11.0 Å². The van der Waals surface area contributed by atoms with Crippen molar-refractivity contribution in [2.45, 2.75) is 39.4 Å². The van der Waals surface area contributed by atoms with Crippen LogP contribution in [0.2, 0.25) is 0 Å². The predicted molar refractivity (Wildman–Crippen MR) is 109 cm³/mol. The molecule has 4 rings (SSSR count). The van der Waals surface area contributed by atoms with Crippen LogP contribution in [-0.2, 0) is 13.1 Å². The fourth-order valence-electron chi connectivity index (χ4n) is 3.87. The molecule has 1 N–H and O–H groups in total. The molecular formula is C23H26N2O2. The Morgan fingerprint density at radius 3 is 2.70 bits per heavy atom. The van der Waals surface area contributed by atoms with Crippen LogP contribution in [0.15, 0.2) is 57.7 Å². The van der Waals surface area contributed by atoms with Crippen LogP contribution in [0.3, 0.4) is 0 Å². The quantitative estimate of drug-likeness (QED) is 0.702. The molecule has 0 aliphatic carbocycles. The molecule has 1 aromatic heterocycles. The summed E-state index contributed by atoms with van der Waals surface area (Å²) in [6, 6.07) is 16.8. The third-order valence-electron chi connectivity index (χ3n) is 5.55. The average molecular weight is 362 g/mol. The summed E-state index contributed by atoms with van der Waals surface area (Å²) in [4.78, 5) is 14.4. The molecule has 4 nitrogen and oxygen atoms in total. The average Bonchev–Trinajstić information content (AvgIpc) is 3.09. The zero-order valence-corrected chi connectivity index (χ0v) is 16.0. The molecule has 1 aliphatic heterocycles. The Morgan fingerprint density at radius 1 is 1.11 bits per heavy atom. The maximum Gasteiger partial charge on any atom is 0.336 e. The van der Waals surface area contributed by atoms with Crippen LogP contribution in [0.5, 0.6) is 0 Å². The zero-order chi connectivity index (χ0) is 18.8. The Labute approximate surface area is 159 Å².